The Balaban J connectivity index is 2.24. The third-order valence-electron chi connectivity index (χ3n) is 2.82. The van der Waals surface area contributed by atoms with E-state index in [-0.39, 0.29) is 5.78 Å². The third kappa shape index (κ3) is 2.93. The number of carbonyl (C=O) groups excluding carboxylic acids is 1. The Hall–Kier alpha value is -1.74. The molecule has 0 bridgehead atoms. The molecule has 18 heavy (non-hydrogen) atoms. The fourth-order valence-corrected chi connectivity index (χ4v) is 1.80. The Bertz CT molecular complexity index is 576. The lowest BCUT2D eigenvalue weighted by Crippen LogP contribution is -2.29. The molecule has 2 rings (SSSR count). The van der Waals surface area contributed by atoms with Crippen molar-refractivity contribution < 1.29 is 4.79 Å². The van der Waals surface area contributed by atoms with Crippen LogP contribution in [0.25, 0.3) is 10.9 Å². The minimum atomic E-state index is 0.117. The first-order chi connectivity index (χ1) is 8.56. The molecular formula is C15H18N2O. The number of rotatable bonds is 4. The number of hydrogen-bond acceptors (Lipinski definition) is 3. The second-order valence-corrected chi connectivity index (χ2v) is 4.82. The Kier molecular flexibility index (Phi) is 3.72. The number of hydrogen-bond donors (Lipinski definition) is 1. The summed E-state index contributed by atoms with van der Waals surface area (Å²) in [5, 5.41) is 4.15. The smallest absolute Gasteiger partial charge is 0.176 e. The maximum absolute atomic E-state index is 12.0. The van der Waals surface area contributed by atoms with Crippen molar-refractivity contribution in [1.29, 1.82) is 0 Å². The number of carbonyl (C=O) groups is 1. The first-order valence-corrected chi connectivity index (χ1v) is 6.20. The normalized spacial score (nSPS) is 11.1. The van der Waals surface area contributed by atoms with Crippen LogP contribution in [0.3, 0.4) is 0 Å². The second kappa shape index (κ2) is 5.27. The molecule has 1 aromatic carbocycles. The summed E-state index contributed by atoms with van der Waals surface area (Å²) < 4.78 is 0. The van der Waals surface area contributed by atoms with E-state index in [9.17, 15) is 4.79 Å². The van der Waals surface area contributed by atoms with Crippen LogP contribution >= 0.6 is 0 Å². The van der Waals surface area contributed by atoms with E-state index < -0.39 is 0 Å². The van der Waals surface area contributed by atoms with Crippen molar-refractivity contribution in [2.75, 3.05) is 6.54 Å². The Labute approximate surface area is 107 Å². The number of fused-ring (bicyclic) bond motifs is 1. The highest BCUT2D eigenvalue weighted by molar-refractivity contribution is 6.00. The van der Waals surface area contributed by atoms with Gasteiger partial charge in [0.2, 0.25) is 0 Å². The molecule has 1 aromatic heterocycles. The highest BCUT2D eigenvalue weighted by Crippen LogP contribution is 2.15. The molecule has 0 amide bonds. The number of pyridine rings is 1. The summed E-state index contributed by atoms with van der Waals surface area (Å²) in [6.45, 7) is 6.40. The lowest BCUT2D eigenvalue weighted by molar-refractivity contribution is 0.0988. The van der Waals surface area contributed by atoms with Gasteiger partial charge in [0, 0.05) is 22.7 Å². The SMILES string of the molecule is Cc1ccc2cc(C(=O)CNC(C)C)ccc2n1. The van der Waals surface area contributed by atoms with E-state index in [2.05, 4.69) is 10.3 Å². The zero-order valence-corrected chi connectivity index (χ0v) is 11.0. The largest absolute Gasteiger partial charge is 0.307 e. The average Bonchev–Trinajstić information content (AvgIpc) is 2.35. The quantitative estimate of drug-likeness (QED) is 0.838. The molecule has 0 saturated heterocycles. The van der Waals surface area contributed by atoms with Crippen molar-refractivity contribution in [2.45, 2.75) is 26.8 Å². The zero-order valence-electron chi connectivity index (χ0n) is 11.0. The van der Waals surface area contributed by atoms with Gasteiger partial charge in [-0.3, -0.25) is 9.78 Å². The van der Waals surface area contributed by atoms with Crippen molar-refractivity contribution in [3.8, 4) is 0 Å². The molecule has 0 aliphatic rings. The number of nitrogens with zero attached hydrogens (tertiary/aromatic N) is 1. The van der Waals surface area contributed by atoms with Crippen LogP contribution < -0.4 is 5.32 Å². The van der Waals surface area contributed by atoms with Gasteiger partial charge in [0.25, 0.3) is 0 Å². The zero-order chi connectivity index (χ0) is 13.1. The molecule has 0 spiro atoms. The van der Waals surface area contributed by atoms with Gasteiger partial charge in [-0.1, -0.05) is 19.9 Å². The standard InChI is InChI=1S/C15H18N2O/c1-10(2)16-9-15(18)13-6-7-14-12(8-13)5-4-11(3)17-14/h4-8,10,16H,9H2,1-3H3. The van der Waals surface area contributed by atoms with E-state index in [1.54, 1.807) is 0 Å². The summed E-state index contributed by atoms with van der Waals surface area (Å²) in [4.78, 5) is 16.4. The molecule has 0 atom stereocenters. The molecule has 0 saturated carbocycles. The van der Waals surface area contributed by atoms with Crippen LogP contribution in [-0.2, 0) is 0 Å². The van der Waals surface area contributed by atoms with E-state index in [0.29, 0.717) is 12.6 Å². The average molecular weight is 242 g/mol. The van der Waals surface area contributed by atoms with Crippen LogP contribution in [0.1, 0.15) is 29.9 Å². The van der Waals surface area contributed by atoms with Crippen molar-refractivity contribution in [1.82, 2.24) is 10.3 Å². The maximum atomic E-state index is 12.0. The summed E-state index contributed by atoms with van der Waals surface area (Å²) in [6.07, 6.45) is 0. The van der Waals surface area contributed by atoms with Crippen LogP contribution in [0.2, 0.25) is 0 Å². The molecule has 94 valence electrons. The van der Waals surface area contributed by atoms with Gasteiger partial charge in [0.1, 0.15) is 0 Å². The van der Waals surface area contributed by atoms with Gasteiger partial charge in [-0.15, -0.1) is 0 Å². The first-order valence-electron chi connectivity index (χ1n) is 6.20. The molecule has 0 unspecified atom stereocenters. The number of nitrogens with one attached hydrogen (secondary N) is 1. The summed E-state index contributed by atoms with van der Waals surface area (Å²) >= 11 is 0. The van der Waals surface area contributed by atoms with Gasteiger partial charge in [-0.2, -0.15) is 0 Å². The van der Waals surface area contributed by atoms with Crippen LogP contribution in [0.5, 0.6) is 0 Å². The Morgan fingerprint density at radius 1 is 1.28 bits per heavy atom. The molecule has 2 aromatic rings. The summed E-state index contributed by atoms with van der Waals surface area (Å²) in [5.74, 6) is 0.117. The molecule has 1 N–H and O–H groups in total. The fourth-order valence-electron chi connectivity index (χ4n) is 1.80. The van der Waals surface area contributed by atoms with Crippen LogP contribution in [0.4, 0.5) is 0 Å². The highest BCUT2D eigenvalue weighted by atomic mass is 16.1. The maximum Gasteiger partial charge on any atom is 0.176 e. The minimum Gasteiger partial charge on any atom is -0.307 e. The van der Waals surface area contributed by atoms with Gasteiger partial charge in [0.05, 0.1) is 12.1 Å². The molecule has 3 nitrogen and oxygen atoms in total. The molecule has 0 radical (unpaired) electrons. The summed E-state index contributed by atoms with van der Waals surface area (Å²) in [6, 6.07) is 9.95. The fraction of sp³-hybridized carbons (Fsp3) is 0.333. The van der Waals surface area contributed by atoms with Crippen molar-refractivity contribution in [2.24, 2.45) is 0 Å². The van der Waals surface area contributed by atoms with E-state index in [0.717, 1.165) is 22.2 Å². The highest BCUT2D eigenvalue weighted by Gasteiger charge is 2.07. The van der Waals surface area contributed by atoms with Crippen LogP contribution in [0, 0.1) is 6.92 Å². The van der Waals surface area contributed by atoms with Crippen molar-refractivity contribution in [3.05, 3.63) is 41.6 Å². The van der Waals surface area contributed by atoms with Gasteiger partial charge >= 0.3 is 0 Å². The molecule has 1 heterocycles. The number of Topliss-reactive ketones (excluding diaryl/α,β-unsaturated/α-hetero) is 1. The van der Waals surface area contributed by atoms with Gasteiger partial charge in [-0.25, -0.2) is 0 Å². The number of ketones is 1. The van der Waals surface area contributed by atoms with Crippen molar-refractivity contribution in [3.63, 3.8) is 0 Å². The van der Waals surface area contributed by atoms with E-state index in [4.69, 9.17) is 0 Å². The summed E-state index contributed by atoms with van der Waals surface area (Å²) in [7, 11) is 0. The lowest BCUT2D eigenvalue weighted by Gasteiger charge is -2.07. The van der Waals surface area contributed by atoms with Gasteiger partial charge in [0.15, 0.2) is 5.78 Å². The third-order valence-corrected chi connectivity index (χ3v) is 2.82. The molecular weight excluding hydrogens is 224 g/mol. The Morgan fingerprint density at radius 2 is 2.06 bits per heavy atom. The predicted octanol–water partition coefficient (Wildman–Crippen LogP) is 2.72. The topological polar surface area (TPSA) is 42.0 Å². The molecule has 0 aliphatic heterocycles. The molecule has 0 fully saturated rings. The van der Waals surface area contributed by atoms with E-state index in [1.165, 1.54) is 0 Å². The van der Waals surface area contributed by atoms with Gasteiger partial charge < -0.3 is 5.32 Å². The summed E-state index contributed by atoms with van der Waals surface area (Å²) in [5.41, 5.74) is 2.66. The van der Waals surface area contributed by atoms with Crippen LogP contribution in [-0.4, -0.2) is 23.4 Å². The van der Waals surface area contributed by atoms with Crippen molar-refractivity contribution >= 4 is 16.7 Å². The van der Waals surface area contributed by atoms with E-state index in [1.807, 2.05) is 51.1 Å². The minimum absolute atomic E-state index is 0.117. The number of benzene rings is 1. The first kappa shape index (κ1) is 12.7. The monoisotopic (exact) mass is 242 g/mol. The number of aryl methyl sites for hydroxylation is 1. The predicted molar refractivity (Wildman–Crippen MR) is 73.9 cm³/mol. The molecule has 3 heteroatoms. The van der Waals surface area contributed by atoms with E-state index >= 15 is 0 Å². The molecule has 0 aliphatic carbocycles. The van der Waals surface area contributed by atoms with Gasteiger partial charge in [-0.05, 0) is 31.2 Å². The number of aromatic nitrogens is 1. The second-order valence-electron chi connectivity index (χ2n) is 4.82. The Morgan fingerprint density at radius 3 is 2.78 bits per heavy atom. The lowest BCUT2D eigenvalue weighted by atomic mass is 10.1. The van der Waals surface area contributed by atoms with Crippen LogP contribution in [0.15, 0.2) is 30.3 Å².